The highest BCUT2D eigenvalue weighted by molar-refractivity contribution is 7.21. The molecular formula is C20H17N3O3S2. The highest BCUT2D eigenvalue weighted by atomic mass is 32.1. The Morgan fingerprint density at radius 3 is 2.89 bits per heavy atom. The summed E-state index contributed by atoms with van der Waals surface area (Å²) in [5, 5.41) is 9.27. The molecular weight excluding hydrogens is 394 g/mol. The van der Waals surface area contributed by atoms with Gasteiger partial charge in [-0.15, -0.1) is 22.7 Å². The Labute approximate surface area is 169 Å². The monoisotopic (exact) mass is 411 g/mol. The molecule has 2 aromatic heterocycles. The number of nitrogens with one attached hydrogen (secondary N) is 2. The lowest BCUT2D eigenvalue weighted by atomic mass is 10.2. The van der Waals surface area contributed by atoms with Crippen LogP contribution in [-0.2, 0) is 4.79 Å². The SMILES string of the molecule is CNC(=O)c1cccc(NC(=O)COc2cc3sc(C)nc3c3sccc23)c1. The zero-order chi connectivity index (χ0) is 19.7. The number of nitrogens with zero attached hydrogens (tertiary/aromatic N) is 1. The fraction of sp³-hybridized carbons (Fsp3) is 0.150. The maximum absolute atomic E-state index is 12.3. The van der Waals surface area contributed by atoms with Crippen molar-refractivity contribution >= 4 is 60.5 Å². The molecule has 142 valence electrons. The molecule has 0 unspecified atom stereocenters. The van der Waals surface area contributed by atoms with Crippen LogP contribution < -0.4 is 15.4 Å². The predicted octanol–water partition coefficient (Wildman–Crippen LogP) is 4.20. The maximum atomic E-state index is 12.3. The average Bonchev–Trinajstić information content (AvgIpc) is 3.31. The van der Waals surface area contributed by atoms with E-state index in [1.54, 1.807) is 54.0 Å². The van der Waals surface area contributed by atoms with Crippen molar-refractivity contribution < 1.29 is 14.3 Å². The largest absolute Gasteiger partial charge is 0.483 e. The summed E-state index contributed by atoms with van der Waals surface area (Å²) in [4.78, 5) is 28.6. The number of thiophene rings is 1. The van der Waals surface area contributed by atoms with E-state index in [0.717, 1.165) is 25.3 Å². The molecule has 0 aliphatic rings. The molecule has 0 saturated heterocycles. The van der Waals surface area contributed by atoms with E-state index in [1.165, 1.54) is 0 Å². The highest BCUT2D eigenvalue weighted by Crippen LogP contribution is 2.38. The lowest BCUT2D eigenvalue weighted by molar-refractivity contribution is -0.118. The maximum Gasteiger partial charge on any atom is 0.262 e. The van der Waals surface area contributed by atoms with Gasteiger partial charge in [-0.1, -0.05) is 6.07 Å². The fourth-order valence-corrected chi connectivity index (χ4v) is 4.76. The Balaban J connectivity index is 1.50. The molecule has 2 aromatic carbocycles. The molecule has 0 bridgehead atoms. The van der Waals surface area contributed by atoms with Crippen LogP contribution in [0.25, 0.3) is 20.3 Å². The number of ether oxygens (including phenoxy) is 1. The van der Waals surface area contributed by atoms with E-state index < -0.39 is 0 Å². The number of aromatic nitrogens is 1. The minimum Gasteiger partial charge on any atom is -0.483 e. The van der Waals surface area contributed by atoms with Crippen LogP contribution in [0, 0.1) is 6.92 Å². The van der Waals surface area contributed by atoms with Crippen LogP contribution in [0.1, 0.15) is 15.4 Å². The molecule has 4 rings (SSSR count). The normalized spacial score (nSPS) is 10.9. The molecule has 0 spiro atoms. The number of fused-ring (bicyclic) bond motifs is 3. The third kappa shape index (κ3) is 3.56. The predicted molar refractivity (Wildman–Crippen MR) is 114 cm³/mol. The first-order valence-electron chi connectivity index (χ1n) is 8.57. The zero-order valence-electron chi connectivity index (χ0n) is 15.2. The molecule has 0 aliphatic carbocycles. The summed E-state index contributed by atoms with van der Waals surface area (Å²) in [6.45, 7) is 1.85. The second-order valence-electron chi connectivity index (χ2n) is 6.11. The summed E-state index contributed by atoms with van der Waals surface area (Å²) < 4.78 is 7.93. The van der Waals surface area contributed by atoms with Gasteiger partial charge in [-0.3, -0.25) is 9.59 Å². The first-order chi connectivity index (χ1) is 13.5. The second kappa shape index (κ2) is 7.57. The van der Waals surface area contributed by atoms with E-state index in [2.05, 4.69) is 15.6 Å². The molecule has 8 heteroatoms. The number of thiazole rings is 1. The number of hydrogen-bond acceptors (Lipinski definition) is 6. The third-order valence-electron chi connectivity index (χ3n) is 4.16. The molecule has 2 amide bonds. The third-order valence-corrected chi connectivity index (χ3v) is 6.00. The minimum absolute atomic E-state index is 0.127. The van der Waals surface area contributed by atoms with Crippen LogP contribution >= 0.6 is 22.7 Å². The Kier molecular flexibility index (Phi) is 4.97. The number of carbonyl (C=O) groups excluding carboxylic acids is 2. The van der Waals surface area contributed by atoms with Gasteiger partial charge in [0.2, 0.25) is 0 Å². The topological polar surface area (TPSA) is 80.3 Å². The van der Waals surface area contributed by atoms with Crippen molar-refractivity contribution in [2.24, 2.45) is 0 Å². The van der Waals surface area contributed by atoms with Crippen molar-refractivity contribution in [2.45, 2.75) is 6.92 Å². The van der Waals surface area contributed by atoms with Crippen LogP contribution in [0.5, 0.6) is 5.75 Å². The van der Waals surface area contributed by atoms with Crippen molar-refractivity contribution in [3.63, 3.8) is 0 Å². The Bertz CT molecular complexity index is 1200. The summed E-state index contributed by atoms with van der Waals surface area (Å²) in [5.41, 5.74) is 2.01. The Morgan fingerprint density at radius 2 is 2.07 bits per heavy atom. The Hall–Kier alpha value is -2.97. The summed E-state index contributed by atoms with van der Waals surface area (Å²) in [7, 11) is 1.56. The summed E-state index contributed by atoms with van der Waals surface area (Å²) in [6.07, 6.45) is 0. The molecule has 0 saturated carbocycles. The van der Waals surface area contributed by atoms with Gasteiger partial charge in [0.15, 0.2) is 6.61 Å². The molecule has 0 radical (unpaired) electrons. The number of aryl methyl sites for hydroxylation is 1. The number of amides is 2. The van der Waals surface area contributed by atoms with E-state index in [4.69, 9.17) is 4.74 Å². The van der Waals surface area contributed by atoms with Gasteiger partial charge in [0, 0.05) is 29.8 Å². The van der Waals surface area contributed by atoms with Crippen molar-refractivity contribution in [1.29, 1.82) is 0 Å². The fourth-order valence-electron chi connectivity index (χ4n) is 2.93. The van der Waals surface area contributed by atoms with Crippen molar-refractivity contribution in [1.82, 2.24) is 10.3 Å². The molecule has 2 heterocycles. The van der Waals surface area contributed by atoms with Crippen LogP contribution in [0.2, 0.25) is 0 Å². The number of benzene rings is 2. The van der Waals surface area contributed by atoms with Gasteiger partial charge >= 0.3 is 0 Å². The van der Waals surface area contributed by atoms with E-state index in [-0.39, 0.29) is 18.4 Å². The number of rotatable bonds is 5. The summed E-state index contributed by atoms with van der Waals surface area (Å²) >= 11 is 3.22. The molecule has 4 aromatic rings. The number of anilines is 1. The second-order valence-corrected chi connectivity index (χ2v) is 8.27. The number of carbonyl (C=O) groups is 2. The van der Waals surface area contributed by atoms with Gasteiger partial charge in [0.05, 0.1) is 19.9 Å². The quantitative estimate of drug-likeness (QED) is 0.516. The molecule has 2 N–H and O–H groups in total. The van der Waals surface area contributed by atoms with E-state index in [9.17, 15) is 9.59 Å². The van der Waals surface area contributed by atoms with Gasteiger partial charge in [-0.05, 0) is 36.6 Å². The van der Waals surface area contributed by atoms with E-state index in [0.29, 0.717) is 17.0 Å². The lowest BCUT2D eigenvalue weighted by Gasteiger charge is -2.10. The van der Waals surface area contributed by atoms with Crippen molar-refractivity contribution in [2.75, 3.05) is 19.0 Å². The standard InChI is InChI=1S/C20H17N3O3S2/c1-11-22-18-16(28-11)9-15(14-6-7-27-19(14)18)26-10-17(24)23-13-5-3-4-12(8-13)20(25)21-2/h3-9H,10H2,1-2H3,(H,21,25)(H,23,24). The molecule has 0 aliphatic heterocycles. The molecule has 6 nitrogen and oxygen atoms in total. The van der Waals surface area contributed by atoms with Gasteiger partial charge in [0.25, 0.3) is 11.8 Å². The van der Waals surface area contributed by atoms with E-state index >= 15 is 0 Å². The van der Waals surface area contributed by atoms with Gasteiger partial charge < -0.3 is 15.4 Å². The molecule has 0 atom stereocenters. The van der Waals surface area contributed by atoms with Gasteiger partial charge in [0.1, 0.15) is 5.75 Å². The summed E-state index contributed by atoms with van der Waals surface area (Å²) in [6, 6.07) is 10.7. The molecule has 28 heavy (non-hydrogen) atoms. The van der Waals surface area contributed by atoms with Gasteiger partial charge in [-0.2, -0.15) is 0 Å². The minimum atomic E-state index is -0.294. The molecule has 0 fully saturated rings. The first-order valence-corrected chi connectivity index (χ1v) is 10.3. The van der Waals surface area contributed by atoms with E-state index in [1.807, 2.05) is 24.4 Å². The van der Waals surface area contributed by atoms with Crippen LogP contribution in [-0.4, -0.2) is 30.5 Å². The summed E-state index contributed by atoms with van der Waals surface area (Å²) in [5.74, 6) is 0.167. The van der Waals surface area contributed by atoms with Gasteiger partial charge in [-0.25, -0.2) is 4.98 Å². The van der Waals surface area contributed by atoms with Crippen molar-refractivity contribution in [3.8, 4) is 5.75 Å². The zero-order valence-corrected chi connectivity index (χ0v) is 16.9. The highest BCUT2D eigenvalue weighted by Gasteiger charge is 2.14. The van der Waals surface area contributed by atoms with Crippen LogP contribution in [0.3, 0.4) is 0 Å². The lowest BCUT2D eigenvalue weighted by Crippen LogP contribution is -2.21. The smallest absolute Gasteiger partial charge is 0.262 e. The number of hydrogen-bond donors (Lipinski definition) is 2. The Morgan fingerprint density at radius 1 is 1.21 bits per heavy atom. The first kappa shape index (κ1) is 18.4. The average molecular weight is 412 g/mol. The van der Waals surface area contributed by atoms with Crippen LogP contribution in [0.4, 0.5) is 5.69 Å². The van der Waals surface area contributed by atoms with Crippen molar-refractivity contribution in [3.05, 3.63) is 52.3 Å². The van der Waals surface area contributed by atoms with Crippen LogP contribution in [0.15, 0.2) is 41.8 Å².